The van der Waals surface area contributed by atoms with E-state index >= 15 is 0 Å². The van der Waals surface area contributed by atoms with Crippen molar-refractivity contribution in [2.45, 2.75) is 26.8 Å². The molecule has 170 valence electrons. The van der Waals surface area contributed by atoms with Crippen LogP contribution >= 0.6 is 0 Å². The number of pyridine rings is 1. The van der Waals surface area contributed by atoms with E-state index in [0.29, 0.717) is 6.54 Å². The van der Waals surface area contributed by atoms with Crippen LogP contribution < -0.4 is 5.32 Å². The SMILES string of the molecule is CC/C=C/C=C(\C=NC)c1ccc(CNc2ncnc(-c3ccc4ncccc4c3)c2C)cc1. The summed E-state index contributed by atoms with van der Waals surface area (Å²) in [5, 5.41) is 4.57. The van der Waals surface area contributed by atoms with E-state index in [-0.39, 0.29) is 0 Å². The van der Waals surface area contributed by atoms with Crippen molar-refractivity contribution in [2.75, 3.05) is 12.4 Å². The predicted octanol–water partition coefficient (Wildman–Crippen LogP) is 6.66. The number of aliphatic imine (C=N–C) groups is 1. The van der Waals surface area contributed by atoms with Crippen LogP contribution in [0, 0.1) is 6.92 Å². The van der Waals surface area contributed by atoms with Gasteiger partial charge in [-0.1, -0.05) is 61.5 Å². The van der Waals surface area contributed by atoms with E-state index in [9.17, 15) is 0 Å². The van der Waals surface area contributed by atoms with Gasteiger partial charge in [0.05, 0.1) is 11.2 Å². The van der Waals surface area contributed by atoms with Gasteiger partial charge in [-0.3, -0.25) is 9.98 Å². The maximum absolute atomic E-state index is 4.55. The molecule has 5 nitrogen and oxygen atoms in total. The number of benzene rings is 2. The molecular weight excluding hydrogens is 418 g/mol. The van der Waals surface area contributed by atoms with E-state index in [1.54, 1.807) is 13.4 Å². The highest BCUT2D eigenvalue weighted by Crippen LogP contribution is 2.27. The number of hydrogen-bond acceptors (Lipinski definition) is 5. The van der Waals surface area contributed by atoms with Gasteiger partial charge in [-0.15, -0.1) is 0 Å². The van der Waals surface area contributed by atoms with E-state index in [1.165, 1.54) is 5.56 Å². The molecular formula is C29H29N5. The van der Waals surface area contributed by atoms with Gasteiger partial charge in [-0.05, 0) is 48.2 Å². The van der Waals surface area contributed by atoms with E-state index in [0.717, 1.165) is 51.1 Å². The van der Waals surface area contributed by atoms with Gasteiger partial charge >= 0.3 is 0 Å². The number of anilines is 1. The highest BCUT2D eigenvalue weighted by Gasteiger charge is 2.10. The molecule has 0 saturated heterocycles. The first kappa shape index (κ1) is 23.1. The second kappa shape index (κ2) is 11.1. The molecule has 0 aliphatic heterocycles. The molecule has 0 amide bonds. The van der Waals surface area contributed by atoms with Crippen LogP contribution in [0.3, 0.4) is 0 Å². The Bertz CT molecular complexity index is 1350. The van der Waals surface area contributed by atoms with Crippen molar-refractivity contribution in [3.05, 3.63) is 102 Å². The van der Waals surface area contributed by atoms with Crippen molar-refractivity contribution >= 4 is 28.5 Å². The molecule has 4 aromatic rings. The van der Waals surface area contributed by atoms with Gasteiger partial charge in [0.25, 0.3) is 0 Å². The van der Waals surface area contributed by atoms with Gasteiger partial charge < -0.3 is 5.32 Å². The summed E-state index contributed by atoms with van der Waals surface area (Å²) in [6.07, 6.45) is 12.6. The molecule has 0 bridgehead atoms. The molecule has 1 N–H and O–H groups in total. The number of fused-ring (bicyclic) bond motifs is 1. The number of hydrogen-bond donors (Lipinski definition) is 1. The third-order valence-corrected chi connectivity index (χ3v) is 5.62. The summed E-state index contributed by atoms with van der Waals surface area (Å²) in [7, 11) is 1.79. The Hall–Kier alpha value is -4.12. The molecule has 0 aliphatic rings. The van der Waals surface area contributed by atoms with Gasteiger partial charge in [0.1, 0.15) is 12.1 Å². The normalized spacial score (nSPS) is 12.1. The Morgan fingerprint density at radius 3 is 2.68 bits per heavy atom. The fourth-order valence-electron chi connectivity index (χ4n) is 3.80. The van der Waals surface area contributed by atoms with Gasteiger partial charge in [0, 0.05) is 42.5 Å². The lowest BCUT2D eigenvalue weighted by molar-refractivity contribution is 1.06. The third-order valence-electron chi connectivity index (χ3n) is 5.62. The summed E-state index contributed by atoms with van der Waals surface area (Å²) in [6, 6.07) is 18.8. The third kappa shape index (κ3) is 5.44. The summed E-state index contributed by atoms with van der Waals surface area (Å²) in [5.74, 6) is 0.837. The maximum Gasteiger partial charge on any atom is 0.133 e. The minimum absolute atomic E-state index is 0.676. The lowest BCUT2D eigenvalue weighted by Crippen LogP contribution is -2.05. The Labute approximate surface area is 201 Å². The number of rotatable bonds is 8. The molecule has 4 rings (SSSR count). The lowest BCUT2D eigenvalue weighted by atomic mass is 10.0. The summed E-state index contributed by atoms with van der Waals surface area (Å²) in [5.41, 5.74) is 7.39. The molecule has 0 radical (unpaired) electrons. The monoisotopic (exact) mass is 447 g/mol. The van der Waals surface area contributed by atoms with Crippen molar-refractivity contribution in [3.8, 4) is 11.3 Å². The molecule has 0 aliphatic carbocycles. The minimum atomic E-state index is 0.676. The van der Waals surface area contributed by atoms with Gasteiger partial charge in [-0.25, -0.2) is 9.97 Å². The Kier molecular flexibility index (Phi) is 7.56. The van der Waals surface area contributed by atoms with Crippen molar-refractivity contribution in [1.29, 1.82) is 0 Å². The zero-order valence-electron chi connectivity index (χ0n) is 19.9. The molecule has 0 saturated carbocycles. The van der Waals surface area contributed by atoms with Crippen LogP contribution in [0.25, 0.3) is 27.7 Å². The fraction of sp³-hybridized carbons (Fsp3) is 0.172. The Morgan fingerprint density at radius 2 is 1.88 bits per heavy atom. The first-order valence-electron chi connectivity index (χ1n) is 11.5. The van der Waals surface area contributed by atoms with E-state index in [2.05, 4.69) is 99.8 Å². The zero-order valence-corrected chi connectivity index (χ0v) is 19.9. The van der Waals surface area contributed by atoms with Crippen LogP contribution in [0.15, 0.2) is 90.3 Å². The molecule has 5 heteroatoms. The molecule has 34 heavy (non-hydrogen) atoms. The van der Waals surface area contributed by atoms with Gasteiger partial charge in [0.15, 0.2) is 0 Å². The fourth-order valence-corrected chi connectivity index (χ4v) is 3.80. The number of allylic oxidation sites excluding steroid dienone is 4. The van der Waals surface area contributed by atoms with E-state index in [1.807, 2.05) is 24.5 Å². The molecule has 0 fully saturated rings. The maximum atomic E-state index is 4.55. The average molecular weight is 448 g/mol. The Balaban J connectivity index is 1.50. The number of nitrogens with zero attached hydrogens (tertiary/aromatic N) is 4. The number of nitrogens with one attached hydrogen (secondary N) is 1. The first-order chi connectivity index (χ1) is 16.7. The molecule has 0 unspecified atom stereocenters. The number of aromatic nitrogens is 3. The van der Waals surface area contributed by atoms with Crippen LogP contribution in [-0.2, 0) is 6.54 Å². The van der Waals surface area contributed by atoms with Crippen molar-refractivity contribution in [2.24, 2.45) is 4.99 Å². The zero-order chi connectivity index (χ0) is 23.8. The summed E-state index contributed by atoms with van der Waals surface area (Å²) < 4.78 is 0. The summed E-state index contributed by atoms with van der Waals surface area (Å²) in [4.78, 5) is 17.6. The molecule has 2 heterocycles. The van der Waals surface area contributed by atoms with Gasteiger partial charge in [0.2, 0.25) is 0 Å². The van der Waals surface area contributed by atoms with Crippen molar-refractivity contribution in [1.82, 2.24) is 15.0 Å². The highest BCUT2D eigenvalue weighted by molar-refractivity contribution is 6.10. The van der Waals surface area contributed by atoms with Crippen LogP contribution in [0.4, 0.5) is 5.82 Å². The smallest absolute Gasteiger partial charge is 0.133 e. The van der Waals surface area contributed by atoms with Crippen molar-refractivity contribution in [3.63, 3.8) is 0 Å². The van der Waals surface area contributed by atoms with Crippen molar-refractivity contribution < 1.29 is 0 Å². The molecule has 2 aromatic heterocycles. The minimum Gasteiger partial charge on any atom is -0.366 e. The molecule has 0 spiro atoms. The lowest BCUT2D eigenvalue weighted by Gasteiger charge is -2.12. The average Bonchev–Trinajstić information content (AvgIpc) is 2.88. The topological polar surface area (TPSA) is 63.1 Å². The van der Waals surface area contributed by atoms with Crippen LogP contribution in [0.2, 0.25) is 0 Å². The van der Waals surface area contributed by atoms with Crippen LogP contribution in [0.5, 0.6) is 0 Å². The summed E-state index contributed by atoms with van der Waals surface area (Å²) in [6.45, 7) is 4.86. The second-order valence-corrected chi connectivity index (χ2v) is 8.00. The van der Waals surface area contributed by atoms with Crippen LogP contribution in [0.1, 0.15) is 30.0 Å². The quantitative estimate of drug-likeness (QED) is 0.242. The largest absolute Gasteiger partial charge is 0.366 e. The standard InChI is InChI=1S/C29H29N5/c1-4-5-6-8-26(19-30-3)23-12-10-22(11-13-23)18-32-29-21(2)28(33-20-34-29)25-14-15-27-24(17-25)9-7-16-31-27/h5-17,19-20H,4,18H2,1-3H3,(H,32,33,34)/b6-5+,26-8+,30-19?. The highest BCUT2D eigenvalue weighted by atomic mass is 15.0. The summed E-state index contributed by atoms with van der Waals surface area (Å²) >= 11 is 0. The van der Waals surface area contributed by atoms with E-state index in [4.69, 9.17) is 0 Å². The van der Waals surface area contributed by atoms with E-state index < -0.39 is 0 Å². The second-order valence-electron chi connectivity index (χ2n) is 8.00. The molecule has 0 atom stereocenters. The Morgan fingerprint density at radius 1 is 1.03 bits per heavy atom. The predicted molar refractivity (Wildman–Crippen MR) is 143 cm³/mol. The van der Waals surface area contributed by atoms with Gasteiger partial charge in [-0.2, -0.15) is 0 Å². The van der Waals surface area contributed by atoms with Crippen LogP contribution in [-0.4, -0.2) is 28.2 Å². The molecule has 2 aromatic carbocycles. The first-order valence-corrected chi connectivity index (χ1v) is 11.5.